The highest BCUT2D eigenvalue weighted by Crippen LogP contribution is 2.60. The Balaban J connectivity index is 0.872. The van der Waals surface area contributed by atoms with E-state index < -0.39 is 5.97 Å². The van der Waals surface area contributed by atoms with E-state index in [4.69, 9.17) is 0 Å². The summed E-state index contributed by atoms with van der Waals surface area (Å²) in [5.74, 6) is 0.449. The number of carbonyl (C=O) groups is 2. The zero-order valence-electron chi connectivity index (χ0n) is 23.4. The number of rotatable bonds is 6. The Morgan fingerprint density at radius 3 is 2.51 bits per heavy atom. The lowest BCUT2D eigenvalue weighted by atomic mass is 9.49. The van der Waals surface area contributed by atoms with Crippen molar-refractivity contribution in [3.8, 4) is 17.0 Å². The molecule has 3 N–H and O–H groups in total. The molecule has 1 atom stereocenters. The largest absolute Gasteiger partial charge is 0.507 e. The van der Waals surface area contributed by atoms with Crippen molar-refractivity contribution in [2.75, 3.05) is 69.1 Å². The van der Waals surface area contributed by atoms with Crippen LogP contribution < -0.4 is 10.2 Å². The summed E-state index contributed by atoms with van der Waals surface area (Å²) in [6.45, 7) is 7.60. The van der Waals surface area contributed by atoms with Gasteiger partial charge < -0.3 is 25.3 Å². The van der Waals surface area contributed by atoms with Gasteiger partial charge in [0.1, 0.15) is 5.75 Å². The molecule has 4 fully saturated rings. The van der Waals surface area contributed by atoms with Gasteiger partial charge in [0.25, 0.3) is 0 Å². The third-order valence-electron chi connectivity index (χ3n) is 10.2. The molecule has 3 aliphatic heterocycles. The van der Waals surface area contributed by atoms with Crippen LogP contribution in [0, 0.1) is 11.3 Å². The number of amides is 1. The summed E-state index contributed by atoms with van der Waals surface area (Å²) < 4.78 is 0. The first-order valence-electron chi connectivity index (χ1n) is 15.0. The quantitative estimate of drug-likeness (QED) is 0.482. The lowest BCUT2D eigenvalue weighted by Gasteiger charge is -2.59. The van der Waals surface area contributed by atoms with Gasteiger partial charge >= 0.3 is 5.97 Å². The van der Waals surface area contributed by atoms with E-state index in [1.807, 2.05) is 23.1 Å². The van der Waals surface area contributed by atoms with Gasteiger partial charge in [-0.25, -0.2) is 0 Å². The molecule has 0 radical (unpaired) electrons. The number of aromatic hydroxyl groups is 1. The molecule has 1 spiro atoms. The molecule has 2 saturated heterocycles. The minimum absolute atomic E-state index is 0.129. The summed E-state index contributed by atoms with van der Waals surface area (Å²) in [5, 5.41) is 31.6. The minimum Gasteiger partial charge on any atom is -0.507 e. The van der Waals surface area contributed by atoms with Crippen LogP contribution in [-0.4, -0.2) is 118 Å². The average molecular weight is 562 g/mol. The summed E-state index contributed by atoms with van der Waals surface area (Å²) in [7, 11) is 0. The molecule has 1 aromatic heterocycles. The number of carboxylic acids is 1. The summed E-state index contributed by atoms with van der Waals surface area (Å²) in [4.78, 5) is 33.6. The first-order chi connectivity index (χ1) is 19.9. The fourth-order valence-electron chi connectivity index (χ4n) is 7.82. The topological polar surface area (TPSA) is 125 Å². The predicted molar refractivity (Wildman–Crippen MR) is 154 cm³/mol. The van der Waals surface area contributed by atoms with Gasteiger partial charge in [-0.15, -0.1) is 10.2 Å². The van der Waals surface area contributed by atoms with Crippen molar-refractivity contribution in [1.29, 1.82) is 0 Å². The average Bonchev–Trinajstić information content (AvgIpc) is 2.94. The number of hydrogen-bond donors (Lipinski definition) is 3. The molecule has 11 heteroatoms. The van der Waals surface area contributed by atoms with E-state index in [2.05, 4.69) is 30.2 Å². The van der Waals surface area contributed by atoms with Gasteiger partial charge in [0.2, 0.25) is 5.91 Å². The maximum atomic E-state index is 13.1. The summed E-state index contributed by atoms with van der Waals surface area (Å²) in [6, 6.07) is 10.0. The highest BCUT2D eigenvalue weighted by atomic mass is 16.4. The number of phenolic OH excluding ortho intramolecular Hbond substituents is 1. The number of nitrogens with one attached hydrogen (secondary N) is 1. The Morgan fingerprint density at radius 1 is 0.976 bits per heavy atom. The van der Waals surface area contributed by atoms with Crippen LogP contribution in [0.1, 0.15) is 32.1 Å². The Morgan fingerprint density at radius 2 is 1.76 bits per heavy atom. The van der Waals surface area contributed by atoms with E-state index in [0.29, 0.717) is 29.1 Å². The van der Waals surface area contributed by atoms with Crippen LogP contribution in [0.3, 0.4) is 0 Å². The summed E-state index contributed by atoms with van der Waals surface area (Å²) in [6.07, 6.45) is 4.49. The highest BCUT2D eigenvalue weighted by Gasteiger charge is 2.56. The van der Waals surface area contributed by atoms with Crippen LogP contribution in [0.5, 0.6) is 5.75 Å². The van der Waals surface area contributed by atoms with Crippen LogP contribution >= 0.6 is 0 Å². The number of nitrogens with zero attached hydrogens (tertiary/aromatic N) is 6. The first-order valence-corrected chi connectivity index (χ1v) is 15.0. The molecule has 218 valence electrons. The Kier molecular flexibility index (Phi) is 6.73. The molecule has 41 heavy (non-hydrogen) atoms. The zero-order valence-corrected chi connectivity index (χ0v) is 23.4. The number of hydrogen-bond acceptors (Lipinski definition) is 9. The molecule has 2 aliphatic carbocycles. The first kappa shape index (κ1) is 26.5. The van der Waals surface area contributed by atoms with E-state index in [9.17, 15) is 19.8 Å². The van der Waals surface area contributed by atoms with Gasteiger partial charge in [0.15, 0.2) is 5.82 Å². The minimum atomic E-state index is -0.636. The second kappa shape index (κ2) is 10.4. The number of carboxylic acid groups (broad SMARTS) is 1. The summed E-state index contributed by atoms with van der Waals surface area (Å²) >= 11 is 0. The van der Waals surface area contributed by atoms with Crippen LogP contribution in [-0.2, 0) is 9.59 Å². The van der Waals surface area contributed by atoms with E-state index in [1.165, 1.54) is 0 Å². The van der Waals surface area contributed by atoms with Crippen molar-refractivity contribution in [2.45, 2.75) is 44.2 Å². The molecule has 0 bridgehead atoms. The van der Waals surface area contributed by atoms with E-state index in [1.54, 1.807) is 12.1 Å². The molecular weight excluding hydrogens is 522 g/mol. The molecule has 11 nitrogen and oxygen atoms in total. The number of fused-ring (bicyclic) bond motifs is 3. The van der Waals surface area contributed by atoms with Crippen molar-refractivity contribution in [3.63, 3.8) is 0 Å². The molecule has 4 heterocycles. The fraction of sp³-hybridized carbons (Fsp3) is 0.600. The number of piperazine rings is 2. The number of para-hydroxylation sites is 1. The maximum absolute atomic E-state index is 13.1. The van der Waals surface area contributed by atoms with Gasteiger partial charge in [0.05, 0.1) is 23.3 Å². The summed E-state index contributed by atoms with van der Waals surface area (Å²) in [5.41, 5.74) is 2.64. The molecule has 2 saturated carbocycles. The van der Waals surface area contributed by atoms with Crippen molar-refractivity contribution in [1.82, 2.24) is 24.9 Å². The molecule has 7 rings (SSSR count). The SMILES string of the molecule is O=C(CCN1CCN2c3cc(-c4ccccc4O)nnc3NC[C@H]2C1)N1CCN([C@H]2CC3(C[C@H](C(=O)O)C3)C2)CC1. The van der Waals surface area contributed by atoms with Crippen LogP contribution in [0.2, 0.25) is 0 Å². The van der Waals surface area contributed by atoms with Crippen LogP contribution in [0.4, 0.5) is 11.5 Å². The van der Waals surface area contributed by atoms with Crippen molar-refractivity contribution in [2.24, 2.45) is 11.3 Å². The lowest BCUT2D eigenvalue weighted by molar-refractivity contribution is -0.160. The lowest BCUT2D eigenvalue weighted by Crippen LogP contribution is -2.61. The molecule has 0 unspecified atom stereocenters. The second-order valence-corrected chi connectivity index (χ2v) is 12.7. The van der Waals surface area contributed by atoms with Crippen LogP contribution in [0.25, 0.3) is 11.3 Å². The second-order valence-electron chi connectivity index (χ2n) is 12.7. The fourth-order valence-corrected chi connectivity index (χ4v) is 7.82. The maximum Gasteiger partial charge on any atom is 0.306 e. The van der Waals surface area contributed by atoms with Gasteiger partial charge in [-0.1, -0.05) is 12.1 Å². The Labute approximate surface area is 240 Å². The van der Waals surface area contributed by atoms with E-state index in [-0.39, 0.29) is 23.6 Å². The standard InChI is InChI=1S/C30H39N7O4/c38-26-4-2-1-3-23(26)24-13-25-28(33-32-24)31-18-22-19-34(7-12-37(22)25)6-5-27(39)36-10-8-35(9-11-36)21-16-30(17-21)14-20(15-30)29(40)41/h1-4,13,20-22,38H,5-12,14-19H2,(H,31,33)(H,40,41)/t20-,21-,22-,30?/m0/s1. The molecular formula is C30H39N7O4. The third kappa shape index (κ3) is 4.99. The number of phenols is 1. The molecule has 1 aromatic carbocycles. The van der Waals surface area contributed by atoms with Crippen molar-refractivity contribution >= 4 is 23.4 Å². The van der Waals surface area contributed by atoms with Gasteiger partial charge in [-0.05, 0) is 49.3 Å². The number of benzene rings is 1. The number of carbonyl (C=O) groups excluding carboxylic acids is 1. The third-order valence-corrected chi connectivity index (χ3v) is 10.2. The molecule has 5 aliphatic rings. The van der Waals surface area contributed by atoms with Gasteiger partial charge in [-0.2, -0.15) is 0 Å². The zero-order chi connectivity index (χ0) is 28.1. The molecule has 1 amide bonds. The highest BCUT2D eigenvalue weighted by molar-refractivity contribution is 5.77. The van der Waals surface area contributed by atoms with Gasteiger partial charge in [0, 0.05) is 76.9 Å². The number of aromatic nitrogens is 2. The predicted octanol–water partition coefficient (Wildman–Crippen LogP) is 1.94. The monoisotopic (exact) mass is 561 g/mol. The Hall–Kier alpha value is -3.44. The Bertz CT molecular complexity index is 1320. The molecule has 2 aromatic rings. The normalized spacial score (nSPS) is 29.6. The number of aliphatic carboxylic acids is 1. The van der Waals surface area contributed by atoms with E-state index in [0.717, 1.165) is 96.1 Å². The van der Waals surface area contributed by atoms with Gasteiger partial charge in [-0.3, -0.25) is 19.4 Å². The van der Waals surface area contributed by atoms with Crippen molar-refractivity contribution < 1.29 is 19.8 Å². The number of anilines is 2. The smallest absolute Gasteiger partial charge is 0.306 e. The van der Waals surface area contributed by atoms with E-state index >= 15 is 0 Å². The van der Waals surface area contributed by atoms with Crippen LogP contribution in [0.15, 0.2) is 30.3 Å². The van der Waals surface area contributed by atoms with Crippen molar-refractivity contribution in [3.05, 3.63) is 30.3 Å².